The first-order valence-electron chi connectivity index (χ1n) is 7.93. The number of aliphatic hydroxyl groups is 1. The third-order valence-electron chi connectivity index (χ3n) is 3.70. The maximum atomic E-state index is 12.1. The van der Waals surface area contributed by atoms with Gasteiger partial charge in [-0.1, -0.05) is 29.8 Å². The van der Waals surface area contributed by atoms with E-state index < -0.39 is 17.7 Å². The van der Waals surface area contributed by atoms with Crippen LogP contribution in [0.25, 0.3) is 0 Å². The molecule has 130 valence electrons. The van der Waals surface area contributed by atoms with Crippen molar-refractivity contribution in [2.75, 3.05) is 13.2 Å². The first-order valence-corrected chi connectivity index (χ1v) is 7.93. The molecule has 1 aliphatic rings. The van der Waals surface area contributed by atoms with E-state index in [1.165, 1.54) is 0 Å². The number of ether oxygens (including phenoxy) is 3. The van der Waals surface area contributed by atoms with Crippen molar-refractivity contribution in [2.45, 2.75) is 38.9 Å². The lowest BCUT2D eigenvalue weighted by Gasteiger charge is -2.34. The Bertz CT molecular complexity index is 633. The lowest BCUT2D eigenvalue weighted by molar-refractivity contribution is -0.224. The third kappa shape index (κ3) is 3.94. The normalized spacial score (nSPS) is 23.0. The summed E-state index contributed by atoms with van der Waals surface area (Å²) in [5.74, 6) is -4.44. The van der Waals surface area contributed by atoms with Gasteiger partial charge in [0.2, 0.25) is 5.76 Å². The van der Waals surface area contributed by atoms with Gasteiger partial charge in [-0.15, -0.1) is 0 Å². The highest BCUT2D eigenvalue weighted by atomic mass is 16.7. The number of esters is 2. The van der Waals surface area contributed by atoms with E-state index in [0.717, 1.165) is 11.1 Å². The topological polar surface area (TPSA) is 82.1 Å². The van der Waals surface area contributed by atoms with E-state index in [0.29, 0.717) is 0 Å². The van der Waals surface area contributed by atoms with Crippen LogP contribution in [0.3, 0.4) is 0 Å². The summed E-state index contributed by atoms with van der Waals surface area (Å²) in [5.41, 5.74) is 1.94. The van der Waals surface area contributed by atoms with E-state index in [-0.39, 0.29) is 31.3 Å². The van der Waals surface area contributed by atoms with Gasteiger partial charge in [-0.05, 0) is 32.4 Å². The van der Waals surface area contributed by atoms with Gasteiger partial charge in [0.25, 0.3) is 0 Å². The Hall–Kier alpha value is -2.34. The zero-order valence-corrected chi connectivity index (χ0v) is 14.1. The molecule has 0 radical (unpaired) electrons. The molecule has 2 rings (SSSR count). The minimum absolute atomic E-state index is 0.0438. The van der Waals surface area contributed by atoms with Gasteiger partial charge >= 0.3 is 17.7 Å². The van der Waals surface area contributed by atoms with Crippen LogP contribution in [0.1, 0.15) is 37.3 Å². The summed E-state index contributed by atoms with van der Waals surface area (Å²) in [5, 5.41) is 10.6. The fourth-order valence-corrected chi connectivity index (χ4v) is 2.51. The molecule has 1 heterocycles. The van der Waals surface area contributed by atoms with Crippen molar-refractivity contribution in [3.05, 3.63) is 47.2 Å². The molecule has 0 spiro atoms. The van der Waals surface area contributed by atoms with Crippen LogP contribution in [0.4, 0.5) is 0 Å². The molecule has 2 atom stereocenters. The molecular formula is C18H22O6. The molecule has 0 aliphatic carbocycles. The van der Waals surface area contributed by atoms with Gasteiger partial charge in [0.05, 0.1) is 13.2 Å². The van der Waals surface area contributed by atoms with E-state index in [1.807, 2.05) is 31.2 Å². The molecule has 0 bridgehead atoms. The van der Waals surface area contributed by atoms with Crippen LogP contribution in [0, 0.1) is 6.92 Å². The Labute approximate surface area is 141 Å². The van der Waals surface area contributed by atoms with E-state index in [9.17, 15) is 14.7 Å². The Morgan fingerprint density at radius 1 is 1.21 bits per heavy atom. The van der Waals surface area contributed by atoms with E-state index in [4.69, 9.17) is 14.2 Å². The highest BCUT2D eigenvalue weighted by Gasteiger charge is 2.47. The second kappa shape index (κ2) is 7.49. The van der Waals surface area contributed by atoms with Crippen LogP contribution in [0.2, 0.25) is 0 Å². The van der Waals surface area contributed by atoms with E-state index in [2.05, 4.69) is 0 Å². The summed E-state index contributed by atoms with van der Waals surface area (Å²) in [6.07, 6.45) is 1.52. The predicted octanol–water partition coefficient (Wildman–Crippen LogP) is 2.20. The molecule has 1 aromatic rings. The zero-order chi connectivity index (χ0) is 17.7. The largest absolute Gasteiger partial charge is 0.461 e. The van der Waals surface area contributed by atoms with Crippen LogP contribution >= 0.6 is 0 Å². The fourth-order valence-electron chi connectivity index (χ4n) is 2.51. The fraction of sp³-hybridized carbons (Fsp3) is 0.444. The average molecular weight is 334 g/mol. The predicted molar refractivity (Wildman–Crippen MR) is 85.9 cm³/mol. The number of carbonyl (C=O) groups excluding carboxylic acids is 2. The number of hydrogen-bond donors (Lipinski definition) is 1. The quantitative estimate of drug-likeness (QED) is 0.831. The lowest BCUT2D eigenvalue weighted by atomic mass is 9.88. The number of rotatable bonds is 5. The van der Waals surface area contributed by atoms with Gasteiger partial charge in [0, 0.05) is 12.3 Å². The van der Waals surface area contributed by atoms with Gasteiger partial charge < -0.3 is 19.3 Å². The maximum Gasteiger partial charge on any atom is 0.379 e. The van der Waals surface area contributed by atoms with Crippen LogP contribution < -0.4 is 0 Å². The minimum atomic E-state index is -2.22. The molecule has 0 saturated carbocycles. The highest BCUT2D eigenvalue weighted by molar-refractivity contribution is 5.88. The number of aryl methyl sites for hydroxylation is 1. The highest BCUT2D eigenvalue weighted by Crippen LogP contribution is 2.36. The summed E-state index contributed by atoms with van der Waals surface area (Å²) in [7, 11) is 0. The summed E-state index contributed by atoms with van der Waals surface area (Å²) < 4.78 is 15.1. The van der Waals surface area contributed by atoms with Gasteiger partial charge in [0.15, 0.2) is 0 Å². The molecule has 1 aliphatic heterocycles. The molecular weight excluding hydrogens is 312 g/mol. The second-order valence-corrected chi connectivity index (χ2v) is 5.58. The molecule has 6 nitrogen and oxygen atoms in total. The molecule has 0 amide bonds. The van der Waals surface area contributed by atoms with Gasteiger partial charge in [-0.3, -0.25) is 0 Å². The van der Waals surface area contributed by atoms with Gasteiger partial charge in [-0.2, -0.15) is 0 Å². The Balaban J connectivity index is 2.37. The molecule has 1 aromatic carbocycles. The standard InChI is InChI=1S/C18H22O6/c1-4-22-16(19)15-10-14(13-8-6-12(3)7-9-13)11-18(21,24-15)17(20)23-5-2/h6-10,14,21H,4-5,11H2,1-3H3. The number of hydrogen-bond acceptors (Lipinski definition) is 6. The molecule has 24 heavy (non-hydrogen) atoms. The number of allylic oxidation sites excluding steroid dienone is 1. The van der Waals surface area contributed by atoms with Crippen molar-refractivity contribution in [2.24, 2.45) is 0 Å². The number of carbonyl (C=O) groups is 2. The Morgan fingerprint density at radius 2 is 1.83 bits per heavy atom. The molecule has 0 fully saturated rings. The van der Waals surface area contributed by atoms with Gasteiger partial charge in [0.1, 0.15) is 0 Å². The third-order valence-corrected chi connectivity index (χ3v) is 3.70. The summed E-state index contributed by atoms with van der Waals surface area (Å²) in [6.45, 7) is 5.51. The summed E-state index contributed by atoms with van der Waals surface area (Å²) in [4.78, 5) is 24.1. The molecule has 2 unspecified atom stereocenters. The van der Waals surface area contributed by atoms with Crippen LogP contribution in [-0.4, -0.2) is 36.0 Å². The first kappa shape index (κ1) is 18.0. The summed E-state index contributed by atoms with van der Waals surface area (Å²) >= 11 is 0. The molecule has 0 aromatic heterocycles. The lowest BCUT2D eigenvalue weighted by Crippen LogP contribution is -2.46. The average Bonchev–Trinajstić information content (AvgIpc) is 2.55. The Kier molecular flexibility index (Phi) is 5.62. The number of benzene rings is 1. The second-order valence-electron chi connectivity index (χ2n) is 5.58. The summed E-state index contributed by atoms with van der Waals surface area (Å²) in [6, 6.07) is 7.62. The van der Waals surface area contributed by atoms with Gasteiger partial charge in [-0.25, -0.2) is 9.59 Å². The van der Waals surface area contributed by atoms with Crippen molar-refractivity contribution in [1.82, 2.24) is 0 Å². The maximum absolute atomic E-state index is 12.1. The molecule has 0 saturated heterocycles. The van der Waals surface area contributed by atoms with Crippen LogP contribution in [0.5, 0.6) is 0 Å². The SMILES string of the molecule is CCOC(=O)C1=CC(c2ccc(C)cc2)CC(O)(C(=O)OCC)O1. The van der Waals surface area contributed by atoms with Crippen LogP contribution in [-0.2, 0) is 23.8 Å². The van der Waals surface area contributed by atoms with E-state index >= 15 is 0 Å². The minimum Gasteiger partial charge on any atom is -0.461 e. The first-order chi connectivity index (χ1) is 11.4. The smallest absolute Gasteiger partial charge is 0.379 e. The van der Waals surface area contributed by atoms with Crippen molar-refractivity contribution >= 4 is 11.9 Å². The van der Waals surface area contributed by atoms with Crippen molar-refractivity contribution < 1.29 is 28.9 Å². The van der Waals surface area contributed by atoms with E-state index in [1.54, 1.807) is 19.9 Å². The van der Waals surface area contributed by atoms with Crippen molar-refractivity contribution in [1.29, 1.82) is 0 Å². The van der Waals surface area contributed by atoms with Crippen molar-refractivity contribution in [3.8, 4) is 0 Å². The zero-order valence-electron chi connectivity index (χ0n) is 14.1. The Morgan fingerprint density at radius 3 is 2.42 bits per heavy atom. The monoisotopic (exact) mass is 334 g/mol. The van der Waals surface area contributed by atoms with Crippen LogP contribution in [0.15, 0.2) is 36.1 Å². The molecule has 1 N–H and O–H groups in total. The van der Waals surface area contributed by atoms with Crippen molar-refractivity contribution in [3.63, 3.8) is 0 Å². The molecule has 6 heteroatoms.